The number of anilines is 2. The summed E-state index contributed by atoms with van der Waals surface area (Å²) in [6, 6.07) is 15.3. The molecule has 292 valence electrons. The first kappa shape index (κ1) is 41.0. The summed E-state index contributed by atoms with van der Waals surface area (Å²) in [7, 11) is 0. The van der Waals surface area contributed by atoms with Gasteiger partial charge in [0.25, 0.3) is 0 Å². The van der Waals surface area contributed by atoms with Gasteiger partial charge in [0.15, 0.2) is 11.6 Å². The molecule has 2 aliphatic rings. The molecule has 1 fully saturated rings. The zero-order valence-electron chi connectivity index (χ0n) is 30.8. The number of fused-ring (bicyclic) bond motifs is 6. The van der Waals surface area contributed by atoms with Crippen LogP contribution in [-0.2, 0) is 22.3 Å². The minimum atomic E-state index is -4.42. The number of hydrogen-bond donors (Lipinski definition) is 2. The number of carbonyl (C=O) groups excluding carboxylic acids is 1. The first-order chi connectivity index (χ1) is 25.5. The summed E-state index contributed by atoms with van der Waals surface area (Å²) in [4.78, 5) is 28.8. The van der Waals surface area contributed by atoms with Gasteiger partial charge < -0.3 is 24.6 Å². The molecule has 4 heterocycles. The number of alkyl halides is 3. The molecule has 1 aromatic carbocycles. The minimum Gasteiger partial charge on any atom is -0.772 e. The van der Waals surface area contributed by atoms with Crippen molar-refractivity contribution in [3.63, 3.8) is 0 Å². The first-order valence-corrected chi connectivity index (χ1v) is 19.7. The van der Waals surface area contributed by atoms with Gasteiger partial charge in [0.05, 0.1) is 17.0 Å². The Morgan fingerprint density at radius 1 is 1.04 bits per heavy atom. The Balaban J connectivity index is 0.000000850. The number of primary amides is 1. The molecule has 6 rings (SSSR count). The molecule has 0 spiro atoms. The maximum atomic E-state index is 13.4. The number of amides is 1. The van der Waals surface area contributed by atoms with Crippen molar-refractivity contribution in [3.05, 3.63) is 66.5 Å². The number of halogens is 3. The number of rotatable bonds is 8. The molecule has 54 heavy (non-hydrogen) atoms. The second kappa shape index (κ2) is 17.5. The van der Waals surface area contributed by atoms with Crippen molar-refractivity contribution in [2.24, 2.45) is 16.6 Å². The zero-order valence-corrected chi connectivity index (χ0v) is 32.4. The van der Waals surface area contributed by atoms with Crippen molar-refractivity contribution >= 4 is 40.6 Å². The predicted molar refractivity (Wildman–Crippen MR) is 203 cm³/mol. The van der Waals surface area contributed by atoms with E-state index in [1.807, 2.05) is 50.2 Å². The Bertz CT molecular complexity index is 1920. The second-order valence-electron chi connectivity index (χ2n) is 14.7. The fourth-order valence-electron chi connectivity index (χ4n) is 5.39. The van der Waals surface area contributed by atoms with Crippen molar-refractivity contribution in [2.75, 3.05) is 29.3 Å². The lowest BCUT2D eigenvalue weighted by Crippen LogP contribution is -2.43. The Labute approximate surface area is 320 Å². The normalized spacial score (nSPS) is 16.2. The van der Waals surface area contributed by atoms with Crippen LogP contribution >= 0.6 is 11.9 Å². The van der Waals surface area contributed by atoms with E-state index in [1.54, 1.807) is 12.4 Å². The lowest BCUT2D eigenvalue weighted by molar-refractivity contribution is -0.219. The molecule has 1 saturated carbocycles. The maximum Gasteiger partial charge on any atom is 0.397 e. The summed E-state index contributed by atoms with van der Waals surface area (Å²) in [5, 5.41) is 5.12. The number of nitrogens with two attached hydrogens (primary N) is 1. The molecular weight excluding hydrogens is 742 g/mol. The highest BCUT2D eigenvalue weighted by Gasteiger charge is 2.48. The highest BCUT2D eigenvalue weighted by molar-refractivity contribution is 8.00. The zero-order chi connectivity index (χ0) is 39.1. The summed E-state index contributed by atoms with van der Waals surface area (Å²) in [6.45, 7) is 6.48. The van der Waals surface area contributed by atoms with Crippen LogP contribution in [0.15, 0.2) is 66.0 Å². The molecule has 1 unspecified atom stereocenters. The van der Waals surface area contributed by atoms with E-state index in [-0.39, 0.29) is 17.0 Å². The lowest BCUT2D eigenvalue weighted by atomic mass is 9.91. The SMILES string of the molecule is CC(C)(CN1CCCCCCc2ccccc2-c2nc(cnc2-n2ccc(OCC(C)(C)C(F)(F)F)n2)NSc2cccc1n2)C(N)=O.O=S([O-])C1CC1. The van der Waals surface area contributed by atoms with E-state index >= 15 is 0 Å². The van der Waals surface area contributed by atoms with E-state index in [0.29, 0.717) is 28.9 Å². The fraction of sp³-hybridized carbons (Fsp3) is 0.486. The molecule has 1 aliphatic heterocycles. The van der Waals surface area contributed by atoms with Crippen molar-refractivity contribution in [2.45, 2.75) is 89.1 Å². The van der Waals surface area contributed by atoms with Crippen LogP contribution in [0, 0.1) is 10.8 Å². The number of aryl methyl sites for hydroxylation is 1. The molecule has 3 aromatic heterocycles. The van der Waals surface area contributed by atoms with Gasteiger partial charge in [-0.1, -0.05) is 54.3 Å². The van der Waals surface area contributed by atoms with Gasteiger partial charge in [-0.2, -0.15) is 13.2 Å². The Kier molecular flexibility index (Phi) is 13.3. The van der Waals surface area contributed by atoms with Crippen molar-refractivity contribution in [1.29, 1.82) is 0 Å². The van der Waals surface area contributed by atoms with Gasteiger partial charge in [-0.3, -0.25) is 9.00 Å². The summed E-state index contributed by atoms with van der Waals surface area (Å²) in [5.41, 5.74) is 5.48. The third-order valence-electron chi connectivity index (χ3n) is 9.12. The third-order valence-corrected chi connectivity index (χ3v) is 10.9. The monoisotopic (exact) mass is 787 g/mol. The van der Waals surface area contributed by atoms with Gasteiger partial charge in [0.2, 0.25) is 11.8 Å². The van der Waals surface area contributed by atoms with Crippen molar-refractivity contribution in [3.8, 4) is 23.0 Å². The van der Waals surface area contributed by atoms with E-state index in [4.69, 9.17) is 25.4 Å². The summed E-state index contributed by atoms with van der Waals surface area (Å²) in [6.07, 6.45) is 5.20. The van der Waals surface area contributed by atoms with E-state index in [2.05, 4.69) is 20.8 Å². The molecule has 4 aromatic rings. The van der Waals surface area contributed by atoms with E-state index in [9.17, 15) is 26.7 Å². The Hall–Kier alpha value is -4.22. The summed E-state index contributed by atoms with van der Waals surface area (Å²) in [5.74, 6) is 1.33. The van der Waals surface area contributed by atoms with Crippen LogP contribution in [0.25, 0.3) is 17.1 Å². The molecule has 0 radical (unpaired) electrons. The topological polar surface area (TPSA) is 164 Å². The van der Waals surface area contributed by atoms with Crippen LogP contribution in [0.5, 0.6) is 5.88 Å². The first-order valence-electron chi connectivity index (χ1n) is 17.8. The van der Waals surface area contributed by atoms with Gasteiger partial charge in [0.1, 0.15) is 23.1 Å². The van der Waals surface area contributed by atoms with Crippen LogP contribution in [0.3, 0.4) is 0 Å². The van der Waals surface area contributed by atoms with E-state index in [1.165, 1.54) is 22.7 Å². The van der Waals surface area contributed by atoms with Gasteiger partial charge in [-0.25, -0.2) is 19.6 Å². The molecule has 17 heteroatoms. The van der Waals surface area contributed by atoms with Crippen molar-refractivity contribution < 1.29 is 31.5 Å². The molecule has 1 aliphatic carbocycles. The quantitative estimate of drug-likeness (QED) is 0.136. The highest BCUT2D eigenvalue weighted by Crippen LogP contribution is 2.38. The van der Waals surface area contributed by atoms with Crippen LogP contribution in [0.2, 0.25) is 0 Å². The molecular formula is C37H46F3N8O4S2-. The number of pyridine rings is 1. The average Bonchev–Trinajstić information content (AvgIpc) is 3.88. The number of carbonyl (C=O) groups is 1. The Morgan fingerprint density at radius 3 is 2.46 bits per heavy atom. The van der Waals surface area contributed by atoms with Crippen LogP contribution < -0.4 is 20.1 Å². The molecule has 3 N–H and O–H groups in total. The molecule has 0 saturated heterocycles. The number of nitrogens with zero attached hydrogens (tertiary/aromatic N) is 6. The summed E-state index contributed by atoms with van der Waals surface area (Å²) >= 11 is -0.476. The number of hydrogen-bond acceptors (Lipinski definition) is 11. The predicted octanol–water partition coefficient (Wildman–Crippen LogP) is 7.27. The van der Waals surface area contributed by atoms with Gasteiger partial charge >= 0.3 is 6.18 Å². The highest BCUT2D eigenvalue weighted by atomic mass is 32.2. The maximum absolute atomic E-state index is 13.4. The summed E-state index contributed by atoms with van der Waals surface area (Å²) < 4.78 is 69.9. The van der Waals surface area contributed by atoms with Crippen LogP contribution in [0.4, 0.5) is 24.8 Å². The molecule has 12 nitrogen and oxygen atoms in total. The van der Waals surface area contributed by atoms with E-state index in [0.717, 1.165) is 82.3 Å². The minimum absolute atomic E-state index is 0.0185. The van der Waals surface area contributed by atoms with Crippen LogP contribution in [0.1, 0.15) is 71.8 Å². The van der Waals surface area contributed by atoms with E-state index < -0.39 is 34.7 Å². The standard InChI is InChI=1S/C34H41F3N8O2S.C3H6O2S/c1-32(2,31(38)46)21-44-18-10-6-5-7-12-23-13-8-9-14-24(23)29-30(39-20-25(40-29)43-48-28-16-11-15-26(44)41-28)45-19-17-27(42-45)47-22-33(3,4)34(35,36)37;4-6(5)3-1-2-3/h8-9,11,13-17,19-20H,5-7,10,12,18,21-22H2,1-4H3,(H2,38,46)(H,40,43);3H,1-2H2,(H,4,5)/p-1. The fourth-order valence-corrected chi connectivity index (χ4v) is 6.51. The van der Waals surface area contributed by atoms with Crippen LogP contribution in [-0.4, -0.2) is 70.5 Å². The molecule has 4 bridgehead atoms. The molecule has 1 amide bonds. The lowest BCUT2D eigenvalue weighted by Gasteiger charge is -2.31. The van der Waals surface area contributed by atoms with Gasteiger partial charge in [-0.15, -0.1) is 5.10 Å². The second-order valence-corrected chi connectivity index (χ2v) is 16.7. The molecule has 1 atom stereocenters. The van der Waals surface area contributed by atoms with Crippen molar-refractivity contribution in [1.82, 2.24) is 24.7 Å². The number of aromatic nitrogens is 5. The Morgan fingerprint density at radius 2 is 1.78 bits per heavy atom. The largest absolute Gasteiger partial charge is 0.772 e. The average molecular weight is 788 g/mol. The number of nitrogens with one attached hydrogen (secondary N) is 1. The third kappa shape index (κ3) is 10.9. The van der Waals surface area contributed by atoms with Gasteiger partial charge in [0, 0.05) is 48.1 Å². The smallest absolute Gasteiger partial charge is 0.397 e. The van der Waals surface area contributed by atoms with Gasteiger partial charge in [-0.05, 0) is 77.5 Å². The number of benzene rings is 1. The number of ether oxygens (including phenoxy) is 1.